The molecule has 1 aromatic carbocycles. The molecule has 0 aliphatic heterocycles. The van der Waals surface area contributed by atoms with Crippen LogP contribution in [0.1, 0.15) is 86.6 Å². The van der Waals surface area contributed by atoms with Gasteiger partial charge in [-0.25, -0.2) is 9.97 Å². The third-order valence-electron chi connectivity index (χ3n) is 9.57. The molecule has 0 bridgehead atoms. The molecular formula is C34H42N4O3S. The smallest absolute Gasteiger partial charge is 0.306 e. The number of carboxylic acid groups (broad SMARTS) is 1. The third kappa shape index (κ3) is 6.54. The van der Waals surface area contributed by atoms with Crippen LogP contribution >= 0.6 is 11.3 Å². The molecule has 6 rings (SSSR count). The maximum absolute atomic E-state index is 14.1. The topological polar surface area (TPSA) is 86.6 Å². The van der Waals surface area contributed by atoms with Gasteiger partial charge in [0.15, 0.2) is 0 Å². The summed E-state index contributed by atoms with van der Waals surface area (Å²) in [5.41, 5.74) is 3.37. The number of amides is 1. The molecule has 8 heteroatoms. The van der Waals surface area contributed by atoms with Gasteiger partial charge in [-0.2, -0.15) is 0 Å². The van der Waals surface area contributed by atoms with Crippen molar-refractivity contribution in [3.8, 4) is 10.4 Å². The zero-order valence-corrected chi connectivity index (χ0v) is 25.6. The van der Waals surface area contributed by atoms with Crippen LogP contribution in [0.25, 0.3) is 10.4 Å². The highest BCUT2D eigenvalue weighted by atomic mass is 32.1. The predicted octanol–water partition coefficient (Wildman–Crippen LogP) is 7.35. The highest BCUT2D eigenvalue weighted by Gasteiger charge is 2.34. The maximum atomic E-state index is 14.1. The number of carbonyl (C=O) groups excluding carboxylic acids is 1. The average molecular weight is 587 g/mol. The predicted molar refractivity (Wildman–Crippen MR) is 168 cm³/mol. The van der Waals surface area contributed by atoms with E-state index in [2.05, 4.69) is 46.4 Å². The quantitative estimate of drug-likeness (QED) is 0.282. The number of anilines is 2. The first-order chi connectivity index (χ1) is 20.4. The molecule has 2 aromatic heterocycles. The van der Waals surface area contributed by atoms with Gasteiger partial charge in [0.05, 0.1) is 15.8 Å². The highest BCUT2D eigenvalue weighted by molar-refractivity contribution is 7.15. The number of carboxylic acids is 1. The maximum Gasteiger partial charge on any atom is 0.306 e. The first-order valence-corrected chi connectivity index (χ1v) is 16.4. The molecule has 1 amide bonds. The van der Waals surface area contributed by atoms with E-state index in [0.29, 0.717) is 50.0 Å². The molecule has 7 nitrogen and oxygen atoms in total. The van der Waals surface area contributed by atoms with Crippen LogP contribution in [-0.4, -0.2) is 47.6 Å². The van der Waals surface area contributed by atoms with Crippen LogP contribution in [0.15, 0.2) is 48.8 Å². The molecule has 3 aromatic rings. The molecule has 2 heterocycles. The van der Waals surface area contributed by atoms with Gasteiger partial charge < -0.3 is 14.9 Å². The van der Waals surface area contributed by atoms with Crippen molar-refractivity contribution in [3.63, 3.8) is 0 Å². The average Bonchev–Trinajstić information content (AvgIpc) is 3.76. The van der Waals surface area contributed by atoms with Crippen LogP contribution in [-0.2, 0) is 9.59 Å². The summed E-state index contributed by atoms with van der Waals surface area (Å²) in [4.78, 5) is 40.2. The number of carbonyl (C=O) groups is 2. The molecule has 3 aliphatic rings. The fourth-order valence-corrected chi connectivity index (χ4v) is 7.82. The third-order valence-corrected chi connectivity index (χ3v) is 10.8. The van der Waals surface area contributed by atoms with E-state index in [-0.39, 0.29) is 17.7 Å². The fraction of sp³-hybridized carbons (Fsp3) is 0.529. The van der Waals surface area contributed by atoms with Crippen molar-refractivity contribution in [3.05, 3.63) is 59.4 Å². The number of hydrogen-bond donors (Lipinski definition) is 1. The van der Waals surface area contributed by atoms with E-state index in [4.69, 9.17) is 0 Å². The van der Waals surface area contributed by atoms with Gasteiger partial charge >= 0.3 is 5.97 Å². The second-order valence-electron chi connectivity index (χ2n) is 12.8. The first kappa shape index (κ1) is 28.8. The van der Waals surface area contributed by atoms with Crippen LogP contribution in [0.5, 0.6) is 0 Å². The van der Waals surface area contributed by atoms with Gasteiger partial charge in [-0.3, -0.25) is 9.59 Å². The van der Waals surface area contributed by atoms with Crippen molar-refractivity contribution in [2.24, 2.45) is 17.8 Å². The van der Waals surface area contributed by atoms with E-state index >= 15 is 0 Å². The van der Waals surface area contributed by atoms with Gasteiger partial charge in [0.1, 0.15) is 5.82 Å². The number of rotatable bonds is 9. The van der Waals surface area contributed by atoms with E-state index < -0.39 is 5.97 Å². The summed E-state index contributed by atoms with van der Waals surface area (Å²) < 4.78 is 0. The molecule has 0 unspecified atom stereocenters. The molecule has 3 aliphatic carbocycles. The number of aromatic nitrogens is 2. The van der Waals surface area contributed by atoms with Gasteiger partial charge in [-0.1, -0.05) is 18.2 Å². The monoisotopic (exact) mass is 586 g/mol. The SMILES string of the molecule is CN(C)c1ccc(C2CCC(CN(C(=O)C3CCC(C(=O)O)CC3)c3cccc(-c4cnc(C5CC5)s4)c3)CC2)cn1. The summed E-state index contributed by atoms with van der Waals surface area (Å²) in [5.74, 6) is 1.53. The summed E-state index contributed by atoms with van der Waals surface area (Å²) in [6, 6.07) is 12.7. The molecule has 0 spiro atoms. The van der Waals surface area contributed by atoms with Crippen LogP contribution in [0, 0.1) is 17.8 Å². The first-order valence-electron chi connectivity index (χ1n) is 15.6. The normalized spacial score (nSPS) is 24.2. The standard InChI is InChI=1S/C34H42N4O3S/c1-37(2)31-17-16-28(19-35-31)23-8-6-22(7-9-23)21-38(33(39)25-12-14-26(15-13-25)34(40)41)29-5-3-4-27(18-29)30-20-36-32(42-30)24-10-11-24/h3-5,16-20,22-26H,6-15,21H2,1-2H3,(H,40,41). The number of benzene rings is 1. The van der Waals surface area contributed by atoms with Gasteiger partial charge in [0, 0.05) is 50.6 Å². The van der Waals surface area contributed by atoms with Crippen molar-refractivity contribution in [2.45, 2.75) is 76.0 Å². The highest BCUT2D eigenvalue weighted by Crippen LogP contribution is 2.44. The van der Waals surface area contributed by atoms with Gasteiger partial charge in [0.2, 0.25) is 5.91 Å². The molecule has 0 radical (unpaired) electrons. The van der Waals surface area contributed by atoms with Crippen molar-refractivity contribution >= 4 is 34.7 Å². The molecule has 0 saturated heterocycles. The van der Waals surface area contributed by atoms with Crippen LogP contribution in [0.2, 0.25) is 0 Å². The van der Waals surface area contributed by atoms with E-state index in [1.54, 1.807) is 11.3 Å². The van der Waals surface area contributed by atoms with Crippen molar-refractivity contribution in [2.75, 3.05) is 30.4 Å². The number of hydrogen-bond acceptors (Lipinski definition) is 6. The Balaban J connectivity index is 1.18. The van der Waals surface area contributed by atoms with Crippen molar-refractivity contribution in [1.82, 2.24) is 9.97 Å². The Kier molecular flexibility index (Phi) is 8.61. The lowest BCUT2D eigenvalue weighted by Gasteiger charge is -2.36. The Hall–Kier alpha value is -3.26. The van der Waals surface area contributed by atoms with Gasteiger partial charge in [-0.05, 0) is 105 Å². The number of pyridine rings is 1. The molecule has 0 atom stereocenters. The molecule has 1 N–H and O–H groups in total. The summed E-state index contributed by atoms with van der Waals surface area (Å²) in [6.07, 6.45) is 13.3. The lowest BCUT2D eigenvalue weighted by molar-refractivity contribution is -0.144. The zero-order valence-electron chi connectivity index (χ0n) is 24.7. The summed E-state index contributed by atoms with van der Waals surface area (Å²) >= 11 is 1.77. The number of aliphatic carboxylic acids is 1. The minimum absolute atomic E-state index is 0.119. The zero-order chi connectivity index (χ0) is 29.2. The largest absolute Gasteiger partial charge is 0.481 e. The fourth-order valence-electron chi connectivity index (χ4n) is 6.74. The minimum atomic E-state index is -0.733. The van der Waals surface area contributed by atoms with Crippen molar-refractivity contribution < 1.29 is 14.7 Å². The number of nitrogens with zero attached hydrogens (tertiary/aromatic N) is 4. The van der Waals surface area contributed by atoms with E-state index in [1.807, 2.05) is 36.3 Å². The van der Waals surface area contributed by atoms with E-state index in [9.17, 15) is 14.7 Å². The van der Waals surface area contributed by atoms with Crippen LogP contribution < -0.4 is 9.80 Å². The second-order valence-corrected chi connectivity index (χ2v) is 13.8. The second kappa shape index (κ2) is 12.5. The Labute approximate surface area is 253 Å². The Bertz CT molecular complexity index is 1380. The minimum Gasteiger partial charge on any atom is -0.481 e. The van der Waals surface area contributed by atoms with Gasteiger partial charge in [-0.15, -0.1) is 11.3 Å². The summed E-state index contributed by atoms with van der Waals surface area (Å²) in [7, 11) is 4.02. The van der Waals surface area contributed by atoms with Crippen LogP contribution in [0.3, 0.4) is 0 Å². The molecule has 3 fully saturated rings. The lowest BCUT2D eigenvalue weighted by Crippen LogP contribution is -2.41. The molecule has 222 valence electrons. The number of thiazole rings is 1. The Morgan fingerprint density at radius 3 is 2.21 bits per heavy atom. The lowest BCUT2D eigenvalue weighted by atomic mass is 9.78. The van der Waals surface area contributed by atoms with E-state index in [1.165, 1.54) is 23.4 Å². The van der Waals surface area contributed by atoms with Crippen molar-refractivity contribution in [1.29, 1.82) is 0 Å². The Morgan fingerprint density at radius 1 is 0.857 bits per heavy atom. The molecular weight excluding hydrogens is 544 g/mol. The van der Waals surface area contributed by atoms with E-state index in [0.717, 1.165) is 47.6 Å². The molecule has 3 saturated carbocycles. The Morgan fingerprint density at radius 2 is 1.57 bits per heavy atom. The van der Waals surface area contributed by atoms with Crippen LogP contribution in [0.4, 0.5) is 11.5 Å². The summed E-state index contributed by atoms with van der Waals surface area (Å²) in [5, 5.41) is 10.7. The summed E-state index contributed by atoms with van der Waals surface area (Å²) in [6.45, 7) is 0.710. The molecule has 42 heavy (non-hydrogen) atoms. The van der Waals surface area contributed by atoms with Gasteiger partial charge in [0.25, 0.3) is 0 Å².